The third-order valence-corrected chi connectivity index (χ3v) is 15.2. The van der Waals surface area contributed by atoms with Gasteiger partial charge in [-0.15, -0.1) is 68.0 Å². The van der Waals surface area contributed by atoms with Crippen LogP contribution in [0.1, 0.15) is 0 Å². The van der Waals surface area contributed by atoms with Gasteiger partial charge in [-0.2, -0.15) is 0 Å². The maximum atomic E-state index is 2.43. The minimum Gasteiger partial charge on any atom is -0.135 e. The lowest BCUT2D eigenvalue weighted by Gasteiger charge is -1.94. The highest BCUT2D eigenvalue weighted by atomic mass is 32.1. The van der Waals surface area contributed by atoms with Crippen LogP contribution in [0.25, 0.3) is 89.8 Å². The Kier molecular flexibility index (Phi) is 5.21. The fraction of sp³-hybridized carbons (Fsp3) is 0. The molecule has 42 heavy (non-hydrogen) atoms. The largest absolute Gasteiger partial charge is 0.135 e. The molecule has 10 aromatic rings. The van der Waals surface area contributed by atoms with Crippen LogP contribution in [-0.2, 0) is 0 Å². The third kappa shape index (κ3) is 3.67. The van der Waals surface area contributed by atoms with E-state index in [9.17, 15) is 0 Å². The van der Waals surface area contributed by atoms with Crippen LogP contribution in [0.4, 0.5) is 0 Å². The zero-order valence-corrected chi connectivity index (χ0v) is 26.7. The molecule has 198 valence electrons. The summed E-state index contributed by atoms with van der Waals surface area (Å²) in [6, 6.07) is 40.7. The van der Waals surface area contributed by atoms with E-state index in [1.54, 1.807) is 0 Å². The fourth-order valence-electron chi connectivity index (χ4n) is 5.90. The number of rotatable bonds is 3. The summed E-state index contributed by atoms with van der Waals surface area (Å²) in [6.07, 6.45) is 0. The molecule has 0 aliphatic carbocycles. The van der Waals surface area contributed by atoms with Gasteiger partial charge in [-0.1, -0.05) is 60.7 Å². The molecule has 0 nitrogen and oxygen atoms in total. The van der Waals surface area contributed by atoms with Crippen molar-refractivity contribution in [2.24, 2.45) is 0 Å². The number of fused-ring (bicyclic) bond motifs is 8. The number of hydrogen-bond acceptors (Lipinski definition) is 6. The summed E-state index contributed by atoms with van der Waals surface area (Å²) < 4.78 is 11.2. The van der Waals surface area contributed by atoms with E-state index >= 15 is 0 Å². The zero-order chi connectivity index (χ0) is 27.4. The molecule has 10 rings (SSSR count). The quantitative estimate of drug-likeness (QED) is 0.180. The predicted molar refractivity (Wildman–Crippen MR) is 195 cm³/mol. The van der Waals surface area contributed by atoms with Gasteiger partial charge in [0.05, 0.1) is 9.40 Å². The minimum atomic E-state index is 1.30. The third-order valence-electron chi connectivity index (χ3n) is 7.92. The standard InChI is InChI=1S/C36H18S6/c1-3-7-19(8-4-1)25-11-21-13-29-23(15-27(21)37-25)35-33(39-29)17-31(41-35)32-18-34-36(42-32)24-16-28-22(14-30(24)40-34)12-26(38-28)20-9-5-2-6-10-20/h1-18H. The summed E-state index contributed by atoms with van der Waals surface area (Å²) in [5.74, 6) is 0. The summed E-state index contributed by atoms with van der Waals surface area (Å²) >= 11 is 11.6. The molecule has 0 amide bonds. The van der Waals surface area contributed by atoms with Crippen molar-refractivity contribution in [2.75, 3.05) is 0 Å². The maximum absolute atomic E-state index is 2.43. The SMILES string of the molecule is c1ccc(-c2cc3cc4sc5cc(-c6cc7sc8cc9cc(-c%10ccccc%10)sc9cc8c7s6)sc5c4cc3s2)cc1. The average molecular weight is 643 g/mol. The van der Waals surface area contributed by atoms with E-state index in [1.165, 1.54) is 89.8 Å². The maximum Gasteiger partial charge on any atom is 0.0536 e. The van der Waals surface area contributed by atoms with Gasteiger partial charge in [0.15, 0.2) is 0 Å². The van der Waals surface area contributed by atoms with Gasteiger partial charge in [-0.3, -0.25) is 0 Å². The minimum absolute atomic E-state index is 1.30. The highest BCUT2D eigenvalue weighted by Crippen LogP contribution is 2.50. The first-order valence-electron chi connectivity index (χ1n) is 13.6. The van der Waals surface area contributed by atoms with Crippen LogP contribution in [0.5, 0.6) is 0 Å². The van der Waals surface area contributed by atoms with E-state index in [1.807, 2.05) is 68.0 Å². The van der Waals surface area contributed by atoms with Crippen LogP contribution in [-0.4, -0.2) is 0 Å². The van der Waals surface area contributed by atoms with E-state index in [4.69, 9.17) is 0 Å². The van der Waals surface area contributed by atoms with E-state index in [0.29, 0.717) is 0 Å². The monoisotopic (exact) mass is 642 g/mol. The van der Waals surface area contributed by atoms with Crippen molar-refractivity contribution in [2.45, 2.75) is 0 Å². The van der Waals surface area contributed by atoms with Gasteiger partial charge in [0, 0.05) is 58.5 Å². The molecule has 6 aromatic heterocycles. The summed E-state index contributed by atoms with van der Waals surface area (Å²) in [4.78, 5) is 5.46. The van der Waals surface area contributed by atoms with Crippen LogP contribution in [0.3, 0.4) is 0 Å². The normalized spacial score (nSPS) is 12.3. The fourth-order valence-corrected chi connectivity index (χ4v) is 13.2. The number of hydrogen-bond donors (Lipinski definition) is 0. The molecular weight excluding hydrogens is 625 g/mol. The Hall–Kier alpha value is -3.36. The molecule has 6 heteroatoms. The molecule has 4 aromatic carbocycles. The molecule has 0 saturated heterocycles. The summed E-state index contributed by atoms with van der Waals surface area (Å²) in [7, 11) is 0. The Balaban J connectivity index is 1.06. The molecule has 0 unspecified atom stereocenters. The first-order valence-corrected chi connectivity index (χ1v) is 18.5. The molecule has 0 aliphatic rings. The molecule has 0 saturated carbocycles. The van der Waals surface area contributed by atoms with E-state index in [2.05, 4.69) is 109 Å². The number of thiophene rings is 6. The van der Waals surface area contributed by atoms with Crippen molar-refractivity contribution in [3.63, 3.8) is 0 Å². The molecular formula is C36H18S6. The highest BCUT2D eigenvalue weighted by Gasteiger charge is 2.17. The highest BCUT2D eigenvalue weighted by molar-refractivity contribution is 7.37. The molecule has 6 heterocycles. The second kappa shape index (κ2) is 9.07. The molecule has 0 aliphatic heterocycles. The summed E-state index contributed by atoms with van der Waals surface area (Å²) in [5, 5.41) is 5.50. The Morgan fingerprint density at radius 3 is 1.21 bits per heavy atom. The van der Waals surface area contributed by atoms with E-state index in [-0.39, 0.29) is 0 Å². The smallest absolute Gasteiger partial charge is 0.0536 e. The topological polar surface area (TPSA) is 0 Å². The van der Waals surface area contributed by atoms with Crippen molar-refractivity contribution in [1.29, 1.82) is 0 Å². The molecule has 0 N–H and O–H groups in total. The van der Waals surface area contributed by atoms with Crippen LogP contribution in [0.2, 0.25) is 0 Å². The van der Waals surface area contributed by atoms with Gasteiger partial charge >= 0.3 is 0 Å². The van der Waals surface area contributed by atoms with Crippen molar-refractivity contribution in [3.8, 4) is 30.6 Å². The van der Waals surface area contributed by atoms with Crippen LogP contribution in [0.15, 0.2) is 109 Å². The lowest BCUT2D eigenvalue weighted by Crippen LogP contribution is -1.67. The lowest BCUT2D eigenvalue weighted by atomic mass is 10.1. The first kappa shape index (κ1) is 24.1. The summed E-state index contributed by atoms with van der Waals surface area (Å²) in [5.41, 5.74) is 2.60. The summed E-state index contributed by atoms with van der Waals surface area (Å²) in [6.45, 7) is 0. The molecule has 0 atom stereocenters. The van der Waals surface area contributed by atoms with Crippen LogP contribution < -0.4 is 0 Å². The van der Waals surface area contributed by atoms with E-state index < -0.39 is 0 Å². The average Bonchev–Trinajstić information content (AvgIpc) is 3.85. The van der Waals surface area contributed by atoms with Crippen LogP contribution in [0, 0.1) is 0 Å². The number of benzene rings is 4. The first-order chi connectivity index (χ1) is 20.7. The zero-order valence-electron chi connectivity index (χ0n) is 21.8. The molecule has 0 fully saturated rings. The van der Waals surface area contributed by atoms with E-state index in [0.717, 1.165) is 0 Å². The van der Waals surface area contributed by atoms with Gasteiger partial charge in [0.2, 0.25) is 0 Å². The van der Waals surface area contributed by atoms with Crippen LogP contribution >= 0.6 is 68.0 Å². The Morgan fingerprint density at radius 2 is 0.762 bits per heavy atom. The Labute approximate surface area is 265 Å². The van der Waals surface area contributed by atoms with Crippen molar-refractivity contribution < 1.29 is 0 Å². The van der Waals surface area contributed by atoms with Crippen molar-refractivity contribution in [3.05, 3.63) is 109 Å². The van der Waals surface area contributed by atoms with Gasteiger partial charge in [-0.05, 0) is 70.4 Å². The lowest BCUT2D eigenvalue weighted by molar-refractivity contribution is 1.70. The van der Waals surface area contributed by atoms with Gasteiger partial charge in [0.1, 0.15) is 0 Å². The van der Waals surface area contributed by atoms with Crippen molar-refractivity contribution in [1.82, 2.24) is 0 Å². The van der Waals surface area contributed by atoms with Crippen molar-refractivity contribution >= 4 is 127 Å². The molecule has 0 radical (unpaired) electrons. The second-order valence-corrected chi connectivity index (χ2v) is 17.0. The Morgan fingerprint density at radius 1 is 0.310 bits per heavy atom. The predicted octanol–water partition coefficient (Wildman–Crippen LogP) is 14.0. The van der Waals surface area contributed by atoms with Gasteiger partial charge < -0.3 is 0 Å². The molecule has 0 spiro atoms. The molecule has 0 bridgehead atoms. The van der Waals surface area contributed by atoms with Gasteiger partial charge in [0.25, 0.3) is 0 Å². The second-order valence-electron chi connectivity index (χ2n) is 10.5. The van der Waals surface area contributed by atoms with Gasteiger partial charge in [-0.25, -0.2) is 0 Å². The Bertz CT molecular complexity index is 2430.